The summed E-state index contributed by atoms with van der Waals surface area (Å²) in [4.78, 5) is 55.1. The molecule has 0 aliphatic heterocycles. The number of aromatic nitrogens is 4. The summed E-state index contributed by atoms with van der Waals surface area (Å²) >= 11 is 23.7. The lowest BCUT2D eigenvalue weighted by Crippen LogP contribution is -2.34. The minimum absolute atomic E-state index is 0.166. The van der Waals surface area contributed by atoms with Crippen molar-refractivity contribution in [1.29, 1.82) is 0 Å². The van der Waals surface area contributed by atoms with Gasteiger partial charge in [-0.05, 0) is 90.3 Å². The van der Waals surface area contributed by atoms with E-state index in [1.165, 1.54) is 19.3 Å². The van der Waals surface area contributed by atoms with Crippen LogP contribution in [0.4, 0.5) is 49.3 Å². The van der Waals surface area contributed by atoms with Crippen LogP contribution in [0.25, 0.3) is 0 Å². The quantitative estimate of drug-likeness (QED) is 0.0591. The third kappa shape index (κ3) is 19.2. The van der Waals surface area contributed by atoms with Gasteiger partial charge in [0, 0.05) is 61.6 Å². The van der Waals surface area contributed by atoms with Crippen LogP contribution in [-0.4, -0.2) is 75.3 Å². The van der Waals surface area contributed by atoms with Gasteiger partial charge in [0.2, 0.25) is 11.9 Å². The van der Waals surface area contributed by atoms with E-state index in [0.717, 1.165) is 31.5 Å². The summed E-state index contributed by atoms with van der Waals surface area (Å²) in [7, 11) is 1.72. The molecule has 0 saturated carbocycles. The van der Waals surface area contributed by atoms with E-state index in [-0.39, 0.29) is 18.0 Å². The van der Waals surface area contributed by atoms with Crippen LogP contribution in [0, 0.1) is 13.8 Å². The minimum Gasteiger partial charge on any atom is -0.444 e. The highest BCUT2D eigenvalue weighted by atomic mass is 35.5. The van der Waals surface area contributed by atoms with E-state index in [0.29, 0.717) is 61.9 Å². The summed E-state index contributed by atoms with van der Waals surface area (Å²) in [6, 6.07) is 12.3. The first-order valence-electron chi connectivity index (χ1n) is 19.1. The maximum Gasteiger partial charge on any atom is 0.410 e. The fraction of sp³-hybridized carbons (Fsp3) is 0.425. The van der Waals surface area contributed by atoms with Gasteiger partial charge in [0.25, 0.3) is 0 Å². The summed E-state index contributed by atoms with van der Waals surface area (Å²) in [6.07, 6.45) is 5.97. The molecule has 0 bridgehead atoms. The van der Waals surface area contributed by atoms with Crippen LogP contribution in [0.2, 0.25) is 20.1 Å². The summed E-state index contributed by atoms with van der Waals surface area (Å²) in [5.74, 6) is 1.69. The van der Waals surface area contributed by atoms with Crippen molar-refractivity contribution in [3.63, 3.8) is 0 Å². The van der Waals surface area contributed by atoms with Crippen molar-refractivity contribution in [2.45, 2.75) is 85.7 Å². The predicted molar refractivity (Wildman–Crippen MR) is 241 cm³/mol. The van der Waals surface area contributed by atoms with Gasteiger partial charge in [-0.1, -0.05) is 72.6 Å². The molecule has 0 atom stereocenters. The molecule has 0 aliphatic carbocycles. The molecule has 0 unspecified atom stereocenters. The van der Waals surface area contributed by atoms with Crippen molar-refractivity contribution < 1.29 is 19.1 Å². The summed E-state index contributed by atoms with van der Waals surface area (Å²) in [5, 5.41) is 18.6. The molecule has 2 aromatic heterocycles. The van der Waals surface area contributed by atoms with Gasteiger partial charge >= 0.3 is 18.2 Å². The molecule has 0 spiro atoms. The van der Waals surface area contributed by atoms with Crippen molar-refractivity contribution in [3.8, 4) is 0 Å². The Morgan fingerprint density at radius 3 is 1.51 bits per heavy atom. The Kier molecular flexibility index (Phi) is 20.0. The molecule has 0 fully saturated rings. The number of nitrogens with zero attached hydrogens (tertiary/aromatic N) is 5. The molecule has 15 nitrogen and oxygen atoms in total. The Balaban J connectivity index is 0.000000324. The molecule has 2 heterocycles. The fourth-order valence-electron chi connectivity index (χ4n) is 5.00. The van der Waals surface area contributed by atoms with Gasteiger partial charge < -0.3 is 30.9 Å². The first-order chi connectivity index (χ1) is 27.9. The van der Waals surface area contributed by atoms with E-state index in [9.17, 15) is 14.4 Å². The number of urea groups is 2. The van der Waals surface area contributed by atoms with E-state index in [1.54, 1.807) is 54.4 Å². The highest BCUT2D eigenvalue weighted by Crippen LogP contribution is 2.26. The monoisotopic (exact) mass is 891 g/mol. The van der Waals surface area contributed by atoms with E-state index < -0.39 is 17.7 Å². The second-order valence-corrected chi connectivity index (χ2v) is 16.0. The van der Waals surface area contributed by atoms with Crippen LogP contribution in [0.3, 0.4) is 0 Å². The average Bonchev–Trinajstić information content (AvgIpc) is 3.13. The van der Waals surface area contributed by atoms with E-state index in [4.69, 9.17) is 51.1 Å². The zero-order valence-electron chi connectivity index (χ0n) is 34.4. The summed E-state index contributed by atoms with van der Waals surface area (Å²) in [5.41, 5.74) is 1.97. The molecule has 59 heavy (non-hydrogen) atoms. The molecule has 6 N–H and O–H groups in total. The molecular formula is C40H53Cl4N11O4. The van der Waals surface area contributed by atoms with Crippen LogP contribution in [0.5, 0.6) is 0 Å². The van der Waals surface area contributed by atoms with Crippen LogP contribution in [0.15, 0.2) is 48.5 Å². The van der Waals surface area contributed by atoms with Gasteiger partial charge in [-0.25, -0.2) is 24.4 Å². The van der Waals surface area contributed by atoms with Crippen molar-refractivity contribution in [1.82, 2.24) is 24.8 Å². The highest BCUT2D eigenvalue weighted by Gasteiger charge is 2.19. The van der Waals surface area contributed by atoms with Crippen LogP contribution in [0.1, 0.15) is 77.6 Å². The molecule has 0 aliphatic rings. The third-order valence-electron chi connectivity index (χ3n) is 7.78. The maximum absolute atomic E-state index is 12.3. The third-order valence-corrected chi connectivity index (χ3v) is 9.26. The Labute approximate surface area is 366 Å². The van der Waals surface area contributed by atoms with Gasteiger partial charge in [0.05, 0.1) is 20.1 Å². The lowest BCUT2D eigenvalue weighted by molar-refractivity contribution is 0.0296. The SMILES string of the molecule is CCCCCCNc1cc(C)nc(NC(=O)Nc2ccc(Cl)c(Cl)c2)n1.Cc1cc(NCCCCN(C)C(=O)OC(C)(C)C)nc(NC(=O)Nc2ccc(Cl)c(Cl)c2)n1. The second kappa shape index (κ2) is 24.3. The fourth-order valence-corrected chi connectivity index (χ4v) is 5.59. The zero-order valence-corrected chi connectivity index (χ0v) is 37.4. The van der Waals surface area contributed by atoms with Gasteiger partial charge in [-0.3, -0.25) is 10.6 Å². The van der Waals surface area contributed by atoms with Crippen molar-refractivity contribution in [2.24, 2.45) is 0 Å². The molecule has 4 aromatic rings. The van der Waals surface area contributed by atoms with E-state index in [1.807, 2.05) is 40.7 Å². The number of anilines is 6. The van der Waals surface area contributed by atoms with Crippen LogP contribution >= 0.6 is 46.4 Å². The van der Waals surface area contributed by atoms with Gasteiger partial charge in [0.15, 0.2) is 0 Å². The number of halogens is 4. The van der Waals surface area contributed by atoms with Gasteiger partial charge in [0.1, 0.15) is 17.2 Å². The Hall–Kier alpha value is -4.83. The smallest absolute Gasteiger partial charge is 0.410 e. The second-order valence-electron chi connectivity index (χ2n) is 14.4. The Morgan fingerprint density at radius 1 is 0.627 bits per heavy atom. The maximum atomic E-state index is 12.3. The largest absolute Gasteiger partial charge is 0.444 e. The molecule has 5 amide bonds. The highest BCUT2D eigenvalue weighted by molar-refractivity contribution is 6.42. The molecular weight excluding hydrogens is 840 g/mol. The summed E-state index contributed by atoms with van der Waals surface area (Å²) in [6.45, 7) is 13.4. The van der Waals surface area contributed by atoms with E-state index in [2.05, 4.69) is 58.8 Å². The first-order valence-corrected chi connectivity index (χ1v) is 20.6. The number of nitrogens with one attached hydrogen (secondary N) is 6. The van der Waals surface area contributed by atoms with Gasteiger partial charge in [-0.15, -0.1) is 0 Å². The molecule has 0 saturated heterocycles. The van der Waals surface area contributed by atoms with Crippen molar-refractivity contribution in [2.75, 3.05) is 58.6 Å². The molecule has 19 heteroatoms. The minimum atomic E-state index is -0.512. The van der Waals surface area contributed by atoms with Crippen molar-refractivity contribution in [3.05, 3.63) is 80.0 Å². The van der Waals surface area contributed by atoms with E-state index >= 15 is 0 Å². The zero-order chi connectivity index (χ0) is 43.5. The first kappa shape index (κ1) is 48.5. The van der Waals surface area contributed by atoms with Crippen LogP contribution in [-0.2, 0) is 4.74 Å². The number of hydrogen-bond acceptors (Lipinski definition) is 10. The van der Waals surface area contributed by atoms with Gasteiger partial charge in [-0.2, -0.15) is 9.97 Å². The Bertz CT molecular complexity index is 2020. The number of unbranched alkanes of at least 4 members (excludes halogenated alkanes) is 4. The van der Waals surface area contributed by atoms with Crippen LogP contribution < -0.4 is 31.9 Å². The number of carbonyl (C=O) groups is 3. The predicted octanol–water partition coefficient (Wildman–Crippen LogP) is 11.5. The lowest BCUT2D eigenvalue weighted by Gasteiger charge is -2.24. The molecule has 0 radical (unpaired) electrons. The number of rotatable bonds is 16. The molecule has 320 valence electrons. The van der Waals surface area contributed by atoms with Crippen molar-refractivity contribution >= 4 is 99.5 Å². The number of ether oxygens (including phenoxy) is 1. The molecule has 4 rings (SSSR count). The number of hydrogen-bond donors (Lipinski definition) is 6. The normalized spacial score (nSPS) is 10.8. The lowest BCUT2D eigenvalue weighted by atomic mass is 10.2. The standard InChI is InChI=1S/C22H30Cl2N6O3.C18H23Cl2N5O/c1-14-12-18(25-10-6-7-11-30(5)21(32)33-22(2,3)4)28-19(26-14)29-20(31)27-15-8-9-16(23)17(24)13-15;1-3-4-5-6-9-21-16-10-12(2)22-17(24-16)25-18(26)23-13-7-8-14(19)15(20)11-13/h8-9,12-13H,6-7,10-11H2,1-5H3,(H3,25,26,27,28,29,31);7-8,10-11H,3-6,9H2,1-2H3,(H3,21,22,23,24,25,26). The number of aryl methyl sites for hydroxylation is 2. The molecule has 2 aromatic carbocycles. The topological polar surface area (TPSA) is 187 Å². The average molecular weight is 894 g/mol. The summed E-state index contributed by atoms with van der Waals surface area (Å²) < 4.78 is 5.33. The number of carbonyl (C=O) groups excluding carboxylic acids is 3. The number of benzene rings is 2. The number of amides is 5. The Morgan fingerprint density at radius 2 is 1.08 bits per heavy atom.